The molecular formula is C17H19FN2O4S. The van der Waals surface area contributed by atoms with Crippen molar-refractivity contribution in [1.29, 1.82) is 0 Å². The molecule has 2 rings (SSSR count). The number of hydrogen-bond donors (Lipinski definition) is 2. The smallest absolute Gasteiger partial charge is 0.241 e. The van der Waals surface area contributed by atoms with Crippen molar-refractivity contribution in [2.24, 2.45) is 0 Å². The molecule has 0 aliphatic heterocycles. The minimum absolute atomic E-state index is 0.0118. The second-order valence-corrected chi connectivity index (χ2v) is 7.33. The molecule has 1 amide bonds. The van der Waals surface area contributed by atoms with Gasteiger partial charge in [0, 0.05) is 11.4 Å². The van der Waals surface area contributed by atoms with Crippen LogP contribution in [0.5, 0.6) is 5.75 Å². The maximum Gasteiger partial charge on any atom is 0.241 e. The van der Waals surface area contributed by atoms with Crippen molar-refractivity contribution in [2.75, 3.05) is 15.8 Å². The van der Waals surface area contributed by atoms with Gasteiger partial charge >= 0.3 is 0 Å². The van der Waals surface area contributed by atoms with Gasteiger partial charge in [-0.05, 0) is 62.4 Å². The van der Waals surface area contributed by atoms with Gasteiger partial charge in [-0.15, -0.1) is 0 Å². The molecule has 0 radical (unpaired) electrons. The van der Waals surface area contributed by atoms with Crippen molar-refractivity contribution in [3.8, 4) is 5.75 Å². The van der Waals surface area contributed by atoms with E-state index in [2.05, 4.69) is 10.0 Å². The summed E-state index contributed by atoms with van der Waals surface area (Å²) in [7, 11) is -3.87. The number of amides is 1. The van der Waals surface area contributed by atoms with E-state index in [1.54, 1.807) is 24.3 Å². The average Bonchev–Trinajstić information content (AvgIpc) is 2.50. The summed E-state index contributed by atoms with van der Waals surface area (Å²) in [6.45, 7) is 3.77. The molecule has 0 aromatic heterocycles. The molecule has 2 aromatic rings. The van der Waals surface area contributed by atoms with Crippen LogP contribution in [0.1, 0.15) is 13.8 Å². The Labute approximate surface area is 146 Å². The van der Waals surface area contributed by atoms with Crippen LogP contribution in [-0.2, 0) is 14.8 Å². The summed E-state index contributed by atoms with van der Waals surface area (Å²) in [6, 6.07) is 11.4. The first kappa shape index (κ1) is 18.7. The van der Waals surface area contributed by atoms with Crippen molar-refractivity contribution in [1.82, 2.24) is 0 Å². The maximum atomic E-state index is 12.8. The van der Waals surface area contributed by atoms with Gasteiger partial charge in [-0.3, -0.25) is 9.52 Å². The van der Waals surface area contributed by atoms with Crippen LogP contribution in [0.4, 0.5) is 15.8 Å². The Bertz CT molecular complexity index is 819. The number of ether oxygens (including phenoxy) is 1. The van der Waals surface area contributed by atoms with Gasteiger partial charge in [0.25, 0.3) is 0 Å². The number of rotatable bonds is 7. The van der Waals surface area contributed by atoms with Crippen LogP contribution >= 0.6 is 0 Å². The Balaban J connectivity index is 1.94. The molecule has 8 heteroatoms. The maximum absolute atomic E-state index is 12.8. The molecule has 0 aliphatic carbocycles. The lowest BCUT2D eigenvalue weighted by molar-refractivity contribution is -0.113. The Hall–Kier alpha value is -2.61. The van der Waals surface area contributed by atoms with Gasteiger partial charge < -0.3 is 10.1 Å². The molecule has 0 saturated carbocycles. The number of carbonyl (C=O) groups is 1. The van der Waals surface area contributed by atoms with Gasteiger partial charge in [0.2, 0.25) is 15.9 Å². The zero-order chi connectivity index (χ0) is 18.4. The Kier molecular flexibility index (Phi) is 5.97. The topological polar surface area (TPSA) is 84.5 Å². The van der Waals surface area contributed by atoms with E-state index in [9.17, 15) is 17.6 Å². The molecule has 0 spiro atoms. The largest absolute Gasteiger partial charge is 0.491 e. The Morgan fingerprint density at radius 1 is 1.04 bits per heavy atom. The first-order valence-electron chi connectivity index (χ1n) is 7.56. The minimum Gasteiger partial charge on any atom is -0.491 e. The number of nitrogens with one attached hydrogen (secondary N) is 2. The molecule has 0 fully saturated rings. The van der Waals surface area contributed by atoms with Crippen LogP contribution in [0.2, 0.25) is 0 Å². The van der Waals surface area contributed by atoms with Gasteiger partial charge in [-0.1, -0.05) is 0 Å². The fourth-order valence-electron chi connectivity index (χ4n) is 1.99. The van der Waals surface area contributed by atoms with Crippen molar-refractivity contribution in [3.63, 3.8) is 0 Å². The van der Waals surface area contributed by atoms with E-state index < -0.39 is 27.5 Å². The van der Waals surface area contributed by atoms with Crippen molar-refractivity contribution in [3.05, 3.63) is 54.3 Å². The van der Waals surface area contributed by atoms with Crippen LogP contribution in [-0.4, -0.2) is 26.2 Å². The molecule has 134 valence electrons. The molecule has 0 aliphatic rings. The first-order valence-corrected chi connectivity index (χ1v) is 9.21. The summed E-state index contributed by atoms with van der Waals surface area (Å²) in [5.41, 5.74) is 0.641. The van der Waals surface area contributed by atoms with E-state index in [-0.39, 0.29) is 6.10 Å². The van der Waals surface area contributed by atoms with Gasteiger partial charge in [0.05, 0.1) is 6.10 Å². The summed E-state index contributed by atoms with van der Waals surface area (Å²) in [5, 5.41) is 2.40. The third-order valence-electron chi connectivity index (χ3n) is 2.95. The summed E-state index contributed by atoms with van der Waals surface area (Å²) in [6.07, 6.45) is 0.0118. The number of hydrogen-bond acceptors (Lipinski definition) is 4. The van der Waals surface area contributed by atoms with Crippen molar-refractivity contribution < 1.29 is 22.3 Å². The van der Waals surface area contributed by atoms with E-state index in [0.717, 1.165) is 0 Å². The Morgan fingerprint density at radius 3 is 2.16 bits per heavy atom. The molecule has 0 atom stereocenters. The highest BCUT2D eigenvalue weighted by Gasteiger charge is 2.17. The molecule has 0 heterocycles. The van der Waals surface area contributed by atoms with Crippen LogP contribution < -0.4 is 14.8 Å². The Morgan fingerprint density at radius 2 is 1.60 bits per heavy atom. The van der Waals surface area contributed by atoms with Crippen LogP contribution in [0.15, 0.2) is 48.5 Å². The summed E-state index contributed by atoms with van der Waals surface area (Å²) < 4.78 is 44.7. The molecular weight excluding hydrogens is 347 g/mol. The summed E-state index contributed by atoms with van der Waals surface area (Å²) >= 11 is 0. The lowest BCUT2D eigenvalue weighted by Crippen LogP contribution is -2.27. The molecule has 0 unspecified atom stereocenters. The fraction of sp³-hybridized carbons (Fsp3) is 0.235. The summed E-state index contributed by atoms with van der Waals surface area (Å²) in [5.74, 6) is -1.31. The van der Waals surface area contributed by atoms with Crippen molar-refractivity contribution >= 4 is 27.3 Å². The second-order valence-electron chi connectivity index (χ2n) is 5.61. The van der Waals surface area contributed by atoms with E-state index in [0.29, 0.717) is 17.1 Å². The van der Waals surface area contributed by atoms with Crippen LogP contribution in [0, 0.1) is 5.82 Å². The molecule has 0 saturated heterocycles. The highest BCUT2D eigenvalue weighted by molar-refractivity contribution is 7.93. The molecule has 2 N–H and O–H groups in total. The number of sulfonamides is 1. The lowest BCUT2D eigenvalue weighted by Gasteiger charge is -2.11. The number of halogens is 1. The predicted octanol–water partition coefficient (Wildman–Crippen LogP) is 2.99. The first-order chi connectivity index (χ1) is 11.7. The standard InChI is InChI=1S/C17H19FN2O4S/c1-12(2)24-16-9-7-15(8-10-16)20-25(22,23)11-17(21)19-14-5-3-13(18)4-6-14/h3-10,12,20H,11H2,1-2H3,(H,19,21). The predicted molar refractivity (Wildman–Crippen MR) is 94.6 cm³/mol. The van der Waals surface area contributed by atoms with Gasteiger partial charge in [-0.2, -0.15) is 0 Å². The quantitative estimate of drug-likeness (QED) is 0.789. The number of carbonyl (C=O) groups excluding carboxylic acids is 1. The van der Waals surface area contributed by atoms with E-state index in [4.69, 9.17) is 4.74 Å². The van der Waals surface area contributed by atoms with Crippen molar-refractivity contribution in [2.45, 2.75) is 20.0 Å². The molecule has 6 nitrogen and oxygen atoms in total. The highest BCUT2D eigenvalue weighted by atomic mass is 32.2. The normalized spacial score (nSPS) is 11.2. The zero-order valence-corrected chi connectivity index (χ0v) is 14.6. The fourth-order valence-corrected chi connectivity index (χ4v) is 2.98. The van der Waals surface area contributed by atoms with Gasteiger partial charge in [0.1, 0.15) is 17.3 Å². The highest BCUT2D eigenvalue weighted by Crippen LogP contribution is 2.18. The third-order valence-corrected chi connectivity index (χ3v) is 4.14. The molecule has 2 aromatic carbocycles. The number of anilines is 2. The minimum atomic E-state index is -3.87. The second kappa shape index (κ2) is 7.98. The van der Waals surface area contributed by atoms with Crippen LogP contribution in [0.3, 0.4) is 0 Å². The monoisotopic (exact) mass is 366 g/mol. The lowest BCUT2D eigenvalue weighted by atomic mass is 10.3. The summed E-state index contributed by atoms with van der Waals surface area (Å²) in [4.78, 5) is 11.8. The number of benzene rings is 2. The molecule has 0 bridgehead atoms. The third kappa shape index (κ3) is 6.42. The van der Waals surface area contributed by atoms with Gasteiger partial charge in [-0.25, -0.2) is 12.8 Å². The zero-order valence-electron chi connectivity index (χ0n) is 13.8. The van der Waals surface area contributed by atoms with E-state index in [1.165, 1.54) is 24.3 Å². The van der Waals surface area contributed by atoms with E-state index >= 15 is 0 Å². The SMILES string of the molecule is CC(C)Oc1ccc(NS(=O)(=O)CC(=O)Nc2ccc(F)cc2)cc1. The average molecular weight is 366 g/mol. The van der Waals surface area contributed by atoms with E-state index in [1.807, 2.05) is 13.8 Å². The molecule has 25 heavy (non-hydrogen) atoms. The van der Waals surface area contributed by atoms with Gasteiger partial charge in [0.15, 0.2) is 0 Å². The van der Waals surface area contributed by atoms with Crippen LogP contribution in [0.25, 0.3) is 0 Å².